The number of ether oxygens (including phenoxy) is 1. The molecule has 0 aliphatic rings. The summed E-state index contributed by atoms with van der Waals surface area (Å²) in [5, 5.41) is 22.6. The SMILES string of the molecule is CC(NCCCN(C)C(=O)OC(C)(C)C)c1cc(O)ccc1O. The van der Waals surface area contributed by atoms with E-state index in [1.165, 1.54) is 12.1 Å². The summed E-state index contributed by atoms with van der Waals surface area (Å²) in [6.07, 6.45) is 0.413. The molecule has 0 fully saturated rings. The standard InChI is InChI=1S/C17H28N2O4/c1-12(14-11-13(20)7-8-15(14)21)18-9-6-10-19(5)16(22)23-17(2,3)4/h7-8,11-12,18,20-21H,6,9-10H2,1-5H3. The summed E-state index contributed by atoms with van der Waals surface area (Å²) >= 11 is 0. The number of phenols is 2. The van der Waals surface area contributed by atoms with Crippen molar-refractivity contribution < 1.29 is 19.7 Å². The van der Waals surface area contributed by atoms with Crippen molar-refractivity contribution >= 4 is 6.09 Å². The van der Waals surface area contributed by atoms with Crippen LogP contribution < -0.4 is 5.32 Å². The minimum atomic E-state index is -0.495. The Labute approximate surface area is 138 Å². The Hall–Kier alpha value is -1.95. The molecule has 0 heterocycles. The van der Waals surface area contributed by atoms with Crippen molar-refractivity contribution in [1.29, 1.82) is 0 Å². The second kappa shape index (κ2) is 8.06. The van der Waals surface area contributed by atoms with Gasteiger partial charge in [-0.3, -0.25) is 0 Å². The Morgan fingerprint density at radius 1 is 1.35 bits per heavy atom. The number of phenolic OH excluding ortho intramolecular Hbond substituents is 2. The van der Waals surface area contributed by atoms with Crippen LogP contribution >= 0.6 is 0 Å². The van der Waals surface area contributed by atoms with Gasteiger partial charge in [-0.15, -0.1) is 0 Å². The Morgan fingerprint density at radius 3 is 2.61 bits per heavy atom. The van der Waals surface area contributed by atoms with E-state index in [-0.39, 0.29) is 23.6 Å². The van der Waals surface area contributed by atoms with Gasteiger partial charge in [-0.05, 0) is 58.9 Å². The summed E-state index contributed by atoms with van der Waals surface area (Å²) in [5.74, 6) is 0.268. The molecule has 130 valence electrons. The molecule has 1 aromatic carbocycles. The maximum Gasteiger partial charge on any atom is 0.410 e. The third kappa shape index (κ3) is 6.78. The summed E-state index contributed by atoms with van der Waals surface area (Å²) in [4.78, 5) is 13.4. The zero-order chi connectivity index (χ0) is 17.6. The van der Waals surface area contributed by atoms with Crippen LogP contribution in [0, 0.1) is 0 Å². The first-order valence-electron chi connectivity index (χ1n) is 7.79. The maximum absolute atomic E-state index is 11.8. The molecular formula is C17H28N2O4. The van der Waals surface area contributed by atoms with Gasteiger partial charge in [0, 0.05) is 25.2 Å². The van der Waals surface area contributed by atoms with E-state index in [0.29, 0.717) is 18.7 Å². The zero-order valence-corrected chi connectivity index (χ0v) is 14.6. The average Bonchev–Trinajstić information content (AvgIpc) is 2.43. The molecule has 0 spiro atoms. The van der Waals surface area contributed by atoms with Gasteiger partial charge in [0.1, 0.15) is 17.1 Å². The molecule has 1 atom stereocenters. The molecule has 6 heteroatoms. The molecule has 1 rings (SSSR count). The molecule has 1 amide bonds. The highest BCUT2D eigenvalue weighted by Crippen LogP contribution is 2.27. The Morgan fingerprint density at radius 2 is 2.00 bits per heavy atom. The van der Waals surface area contributed by atoms with Crippen LogP contribution in [0.4, 0.5) is 4.79 Å². The van der Waals surface area contributed by atoms with Gasteiger partial charge in [-0.1, -0.05) is 0 Å². The number of amides is 1. The summed E-state index contributed by atoms with van der Waals surface area (Å²) in [6, 6.07) is 4.36. The summed E-state index contributed by atoms with van der Waals surface area (Å²) in [7, 11) is 1.71. The van der Waals surface area contributed by atoms with Gasteiger partial charge in [0.05, 0.1) is 0 Å². The highest BCUT2D eigenvalue weighted by atomic mass is 16.6. The smallest absolute Gasteiger partial charge is 0.410 e. The number of hydrogen-bond acceptors (Lipinski definition) is 5. The van der Waals surface area contributed by atoms with Gasteiger partial charge in [-0.2, -0.15) is 0 Å². The summed E-state index contributed by atoms with van der Waals surface area (Å²) in [6.45, 7) is 8.66. The first kappa shape index (κ1) is 19.1. The number of aromatic hydroxyl groups is 2. The van der Waals surface area contributed by atoms with E-state index in [4.69, 9.17) is 4.74 Å². The highest BCUT2D eigenvalue weighted by Gasteiger charge is 2.19. The monoisotopic (exact) mass is 324 g/mol. The Bertz CT molecular complexity index is 526. The van der Waals surface area contributed by atoms with Gasteiger partial charge < -0.3 is 25.2 Å². The zero-order valence-electron chi connectivity index (χ0n) is 14.6. The molecule has 1 aromatic rings. The third-order valence-corrected chi connectivity index (χ3v) is 3.30. The molecule has 0 bridgehead atoms. The highest BCUT2D eigenvalue weighted by molar-refractivity contribution is 5.67. The topological polar surface area (TPSA) is 82.0 Å². The lowest BCUT2D eigenvalue weighted by Gasteiger charge is -2.25. The Kier molecular flexibility index (Phi) is 6.69. The van der Waals surface area contributed by atoms with Gasteiger partial charge in [0.15, 0.2) is 0 Å². The van der Waals surface area contributed by atoms with E-state index < -0.39 is 5.60 Å². The number of nitrogens with zero attached hydrogens (tertiary/aromatic N) is 1. The van der Waals surface area contributed by atoms with Gasteiger partial charge in [0.25, 0.3) is 0 Å². The lowest BCUT2D eigenvalue weighted by molar-refractivity contribution is 0.0297. The van der Waals surface area contributed by atoms with Crippen molar-refractivity contribution in [2.75, 3.05) is 20.1 Å². The number of benzene rings is 1. The summed E-state index contributed by atoms with van der Waals surface area (Å²) < 4.78 is 5.28. The molecule has 0 aliphatic carbocycles. The van der Waals surface area contributed by atoms with Crippen LogP contribution in [0.3, 0.4) is 0 Å². The van der Waals surface area contributed by atoms with E-state index >= 15 is 0 Å². The van der Waals surface area contributed by atoms with E-state index in [1.54, 1.807) is 18.0 Å². The lowest BCUT2D eigenvalue weighted by Crippen LogP contribution is -2.35. The molecule has 6 nitrogen and oxygen atoms in total. The molecule has 0 aromatic heterocycles. The molecule has 0 aliphatic heterocycles. The predicted molar refractivity (Wildman–Crippen MR) is 89.7 cm³/mol. The van der Waals surface area contributed by atoms with Crippen molar-refractivity contribution in [2.24, 2.45) is 0 Å². The normalized spacial score (nSPS) is 12.7. The second-order valence-electron chi connectivity index (χ2n) is 6.67. The predicted octanol–water partition coefficient (Wildman–Crippen LogP) is 3.01. The Balaban J connectivity index is 2.37. The lowest BCUT2D eigenvalue weighted by atomic mass is 10.1. The first-order valence-corrected chi connectivity index (χ1v) is 7.79. The fourth-order valence-corrected chi connectivity index (χ4v) is 2.06. The maximum atomic E-state index is 11.8. The second-order valence-corrected chi connectivity index (χ2v) is 6.67. The molecule has 0 radical (unpaired) electrons. The molecule has 3 N–H and O–H groups in total. The van der Waals surface area contributed by atoms with Gasteiger partial charge in [0.2, 0.25) is 0 Å². The van der Waals surface area contributed by atoms with E-state index in [9.17, 15) is 15.0 Å². The number of hydrogen-bond donors (Lipinski definition) is 3. The third-order valence-electron chi connectivity index (χ3n) is 3.30. The van der Waals surface area contributed by atoms with Crippen LogP contribution in [0.15, 0.2) is 18.2 Å². The van der Waals surface area contributed by atoms with Crippen molar-refractivity contribution in [3.8, 4) is 11.5 Å². The number of carbonyl (C=O) groups is 1. The first-order chi connectivity index (χ1) is 10.6. The fourth-order valence-electron chi connectivity index (χ4n) is 2.06. The van der Waals surface area contributed by atoms with E-state index in [2.05, 4.69) is 5.32 Å². The quantitative estimate of drug-likeness (QED) is 0.553. The van der Waals surface area contributed by atoms with Crippen LogP contribution in [0.5, 0.6) is 11.5 Å². The van der Waals surface area contributed by atoms with Crippen LogP contribution in [0.1, 0.15) is 45.7 Å². The molecule has 1 unspecified atom stereocenters. The average molecular weight is 324 g/mol. The van der Waals surface area contributed by atoms with Crippen molar-refractivity contribution in [1.82, 2.24) is 10.2 Å². The van der Waals surface area contributed by atoms with Crippen molar-refractivity contribution in [3.63, 3.8) is 0 Å². The molecule has 0 saturated heterocycles. The number of carbonyl (C=O) groups excluding carboxylic acids is 1. The van der Waals surface area contributed by atoms with E-state index in [0.717, 1.165) is 6.42 Å². The number of rotatable bonds is 6. The molecule has 23 heavy (non-hydrogen) atoms. The minimum absolute atomic E-state index is 0.103. The van der Waals surface area contributed by atoms with Gasteiger partial charge in [-0.25, -0.2) is 4.79 Å². The van der Waals surface area contributed by atoms with Crippen molar-refractivity contribution in [3.05, 3.63) is 23.8 Å². The van der Waals surface area contributed by atoms with Crippen molar-refractivity contribution in [2.45, 2.75) is 45.8 Å². The summed E-state index contributed by atoms with van der Waals surface area (Å²) in [5.41, 5.74) is 0.149. The molecule has 0 saturated carbocycles. The van der Waals surface area contributed by atoms with Crippen LogP contribution in [0.25, 0.3) is 0 Å². The van der Waals surface area contributed by atoms with E-state index in [1.807, 2.05) is 27.7 Å². The van der Waals surface area contributed by atoms with Crippen LogP contribution in [0.2, 0.25) is 0 Å². The van der Waals surface area contributed by atoms with Crippen LogP contribution in [-0.4, -0.2) is 46.9 Å². The largest absolute Gasteiger partial charge is 0.508 e. The van der Waals surface area contributed by atoms with Crippen LogP contribution in [-0.2, 0) is 4.74 Å². The number of nitrogens with one attached hydrogen (secondary N) is 1. The fraction of sp³-hybridized carbons (Fsp3) is 0.588. The minimum Gasteiger partial charge on any atom is -0.508 e. The molecular weight excluding hydrogens is 296 g/mol. The van der Waals surface area contributed by atoms with Gasteiger partial charge >= 0.3 is 6.09 Å².